The van der Waals surface area contributed by atoms with Crippen LogP contribution in [-0.4, -0.2) is 28.8 Å². The van der Waals surface area contributed by atoms with Crippen molar-refractivity contribution in [3.8, 4) is 0 Å². The Kier molecular flexibility index (Phi) is 4.20. The van der Waals surface area contributed by atoms with Crippen molar-refractivity contribution in [2.24, 2.45) is 16.1 Å². The molecule has 1 aliphatic carbocycles. The zero-order valence-electron chi connectivity index (χ0n) is 10.3. The number of ether oxygens (including phenoxy) is 1. The monoisotopic (exact) mass is 242 g/mol. The summed E-state index contributed by atoms with van der Waals surface area (Å²) >= 11 is 0. The molecule has 1 saturated carbocycles. The Hall–Kier alpha value is -1.46. The van der Waals surface area contributed by atoms with Crippen LogP contribution in [0.2, 0.25) is 0 Å². The number of carbonyl (C=O) groups excluding carboxylic acids is 1. The van der Waals surface area contributed by atoms with E-state index in [0.717, 1.165) is 0 Å². The second-order valence-electron chi connectivity index (χ2n) is 5.20. The third kappa shape index (κ3) is 4.93. The highest BCUT2D eigenvalue weighted by Gasteiger charge is 2.30. The minimum absolute atomic E-state index is 0.177. The van der Waals surface area contributed by atoms with Crippen LogP contribution in [0, 0.1) is 5.92 Å². The second kappa shape index (κ2) is 5.25. The van der Waals surface area contributed by atoms with E-state index in [2.05, 4.69) is 10.2 Å². The van der Waals surface area contributed by atoms with Gasteiger partial charge in [0.05, 0.1) is 12.0 Å². The highest BCUT2D eigenvalue weighted by molar-refractivity contribution is 5.70. The number of nitrogens with zero attached hydrogens (tertiary/aromatic N) is 2. The van der Waals surface area contributed by atoms with Gasteiger partial charge in [0.2, 0.25) is 0 Å². The van der Waals surface area contributed by atoms with Crippen LogP contribution in [0.3, 0.4) is 0 Å². The number of hydrogen-bond acceptors (Lipinski definition) is 4. The summed E-state index contributed by atoms with van der Waals surface area (Å²) in [7, 11) is 0. The fourth-order valence-electron chi connectivity index (χ4n) is 1.70. The number of hydrogen-bond donors (Lipinski definition) is 1. The summed E-state index contributed by atoms with van der Waals surface area (Å²) in [5.41, 5.74) is -0.588. The smallest absolute Gasteiger partial charge is 0.452 e. The average molecular weight is 242 g/mol. The second-order valence-corrected chi connectivity index (χ2v) is 5.20. The average Bonchev–Trinajstić information content (AvgIpc) is 2.60. The van der Waals surface area contributed by atoms with Crippen molar-refractivity contribution in [3.05, 3.63) is 0 Å². The van der Waals surface area contributed by atoms with E-state index in [4.69, 9.17) is 9.84 Å². The summed E-state index contributed by atoms with van der Waals surface area (Å²) in [4.78, 5) is 21.9. The number of carboxylic acids is 1. The number of carboxylic acid groups (broad SMARTS) is 1. The summed E-state index contributed by atoms with van der Waals surface area (Å²) < 4.78 is 4.96. The molecule has 1 rings (SSSR count). The van der Waals surface area contributed by atoms with E-state index in [1.165, 1.54) is 0 Å². The predicted molar refractivity (Wildman–Crippen MR) is 59.9 cm³/mol. The highest BCUT2D eigenvalue weighted by Crippen LogP contribution is 2.28. The van der Waals surface area contributed by atoms with Gasteiger partial charge in [0.15, 0.2) is 0 Å². The molecule has 0 saturated heterocycles. The Balaban J connectivity index is 2.40. The Morgan fingerprint density at radius 1 is 1.29 bits per heavy atom. The molecule has 6 nitrogen and oxygen atoms in total. The van der Waals surface area contributed by atoms with Crippen LogP contribution < -0.4 is 0 Å². The van der Waals surface area contributed by atoms with E-state index in [-0.39, 0.29) is 12.0 Å². The molecule has 0 aliphatic heterocycles. The van der Waals surface area contributed by atoms with Crippen LogP contribution in [0.4, 0.5) is 4.79 Å². The van der Waals surface area contributed by atoms with E-state index in [1.54, 1.807) is 20.8 Å². The molecule has 1 aliphatic rings. The molecule has 0 radical (unpaired) electrons. The lowest BCUT2D eigenvalue weighted by Crippen LogP contribution is -2.21. The quantitative estimate of drug-likeness (QED) is 0.754. The summed E-state index contributed by atoms with van der Waals surface area (Å²) in [5.74, 6) is -1.17. The van der Waals surface area contributed by atoms with Crippen molar-refractivity contribution in [2.45, 2.75) is 51.7 Å². The van der Waals surface area contributed by atoms with Gasteiger partial charge in [-0.25, -0.2) is 4.79 Å². The highest BCUT2D eigenvalue weighted by atomic mass is 16.6. The van der Waals surface area contributed by atoms with Gasteiger partial charge >= 0.3 is 12.1 Å². The normalized spacial score (nSPS) is 25.1. The number of aliphatic carboxylic acids is 1. The molecule has 0 aromatic heterocycles. The first-order valence-electron chi connectivity index (χ1n) is 5.64. The first-order valence-corrected chi connectivity index (χ1v) is 5.64. The van der Waals surface area contributed by atoms with Gasteiger partial charge in [0, 0.05) is 0 Å². The van der Waals surface area contributed by atoms with Gasteiger partial charge in [-0.3, -0.25) is 4.79 Å². The minimum Gasteiger partial charge on any atom is -0.481 e. The summed E-state index contributed by atoms with van der Waals surface area (Å²) in [5, 5.41) is 16.1. The number of rotatable bonds is 2. The van der Waals surface area contributed by atoms with Crippen molar-refractivity contribution in [1.29, 1.82) is 0 Å². The standard InChI is InChI=1S/C11H18N2O4/c1-11(2,3)17-10(16)13-12-8-5-4-7(6-8)9(14)15/h7-8H,4-6H2,1-3H3,(H,14,15)/t7-,8+/m1/s1. The third-order valence-corrected chi connectivity index (χ3v) is 2.45. The van der Waals surface area contributed by atoms with Crippen LogP contribution in [-0.2, 0) is 9.53 Å². The van der Waals surface area contributed by atoms with Crippen LogP contribution in [0.25, 0.3) is 0 Å². The molecule has 0 aromatic carbocycles. The Morgan fingerprint density at radius 2 is 1.94 bits per heavy atom. The molecule has 1 N–H and O–H groups in total. The van der Waals surface area contributed by atoms with Gasteiger partial charge in [0.25, 0.3) is 0 Å². The Bertz CT molecular complexity index is 333. The van der Waals surface area contributed by atoms with Crippen molar-refractivity contribution < 1.29 is 19.4 Å². The van der Waals surface area contributed by atoms with E-state index in [0.29, 0.717) is 19.3 Å². The van der Waals surface area contributed by atoms with Gasteiger partial charge in [0.1, 0.15) is 5.60 Å². The summed E-state index contributed by atoms with van der Waals surface area (Å²) in [6.07, 6.45) is 0.967. The zero-order valence-corrected chi connectivity index (χ0v) is 10.3. The number of amides is 1. The maximum atomic E-state index is 11.2. The molecule has 0 bridgehead atoms. The number of carbonyl (C=O) groups is 2. The van der Waals surface area contributed by atoms with Crippen LogP contribution in [0.5, 0.6) is 0 Å². The molecule has 0 aromatic rings. The van der Waals surface area contributed by atoms with Crippen LogP contribution in [0.15, 0.2) is 10.2 Å². The summed E-state index contributed by atoms with van der Waals surface area (Å²) in [6, 6.07) is -0.177. The van der Waals surface area contributed by atoms with Crippen molar-refractivity contribution in [1.82, 2.24) is 0 Å². The minimum atomic E-state index is -0.806. The lowest BCUT2D eigenvalue weighted by Gasteiger charge is -2.16. The first-order chi connectivity index (χ1) is 7.78. The molecular formula is C11H18N2O4. The molecule has 6 heteroatoms. The van der Waals surface area contributed by atoms with Crippen molar-refractivity contribution >= 4 is 12.1 Å². The predicted octanol–water partition coefficient (Wildman–Crippen LogP) is 2.63. The SMILES string of the molecule is CC(C)(C)OC(=O)N=N[C@H]1CC[C@@H](C(=O)O)C1. The van der Waals surface area contributed by atoms with E-state index < -0.39 is 17.7 Å². The van der Waals surface area contributed by atoms with E-state index in [1.807, 2.05) is 0 Å². The molecule has 0 heterocycles. The third-order valence-electron chi connectivity index (χ3n) is 2.45. The first kappa shape index (κ1) is 13.6. The summed E-state index contributed by atoms with van der Waals surface area (Å²) in [6.45, 7) is 5.24. The molecule has 17 heavy (non-hydrogen) atoms. The largest absolute Gasteiger partial charge is 0.481 e. The molecule has 1 fully saturated rings. The van der Waals surface area contributed by atoms with Crippen LogP contribution in [0.1, 0.15) is 40.0 Å². The zero-order chi connectivity index (χ0) is 13.1. The van der Waals surface area contributed by atoms with Crippen molar-refractivity contribution in [2.75, 3.05) is 0 Å². The Morgan fingerprint density at radius 3 is 2.41 bits per heavy atom. The maximum Gasteiger partial charge on any atom is 0.452 e. The number of azo groups is 1. The van der Waals surface area contributed by atoms with Crippen molar-refractivity contribution in [3.63, 3.8) is 0 Å². The van der Waals surface area contributed by atoms with Gasteiger partial charge in [-0.15, -0.1) is 0 Å². The van der Waals surface area contributed by atoms with Crippen LogP contribution >= 0.6 is 0 Å². The van der Waals surface area contributed by atoms with E-state index in [9.17, 15) is 9.59 Å². The molecule has 0 spiro atoms. The van der Waals surface area contributed by atoms with Gasteiger partial charge in [-0.05, 0) is 40.0 Å². The van der Waals surface area contributed by atoms with Gasteiger partial charge in [-0.1, -0.05) is 5.11 Å². The molecular weight excluding hydrogens is 224 g/mol. The molecule has 1 amide bonds. The molecule has 2 atom stereocenters. The van der Waals surface area contributed by atoms with Gasteiger partial charge in [-0.2, -0.15) is 5.11 Å². The Labute approximate surface area is 100 Å². The maximum absolute atomic E-state index is 11.2. The van der Waals surface area contributed by atoms with E-state index >= 15 is 0 Å². The fourth-order valence-corrected chi connectivity index (χ4v) is 1.70. The molecule has 96 valence electrons. The molecule has 0 unspecified atom stereocenters. The fraction of sp³-hybridized carbons (Fsp3) is 0.818. The van der Waals surface area contributed by atoms with Gasteiger partial charge < -0.3 is 9.84 Å². The lowest BCUT2D eigenvalue weighted by molar-refractivity contribution is -0.141. The lowest BCUT2D eigenvalue weighted by atomic mass is 10.1. The topological polar surface area (TPSA) is 88.3 Å².